The average molecular weight is 410 g/mol. The number of methoxy groups -OCH3 is 1. The van der Waals surface area contributed by atoms with Gasteiger partial charge in [0, 0.05) is 50.4 Å². The highest BCUT2D eigenvalue weighted by molar-refractivity contribution is 9.10. The van der Waals surface area contributed by atoms with E-state index in [2.05, 4.69) is 26.1 Å². The molecule has 7 heteroatoms. The van der Waals surface area contributed by atoms with Gasteiger partial charge in [-0.2, -0.15) is 0 Å². The lowest BCUT2D eigenvalue weighted by Gasteiger charge is -2.33. The molecule has 1 aliphatic heterocycles. The number of benzene rings is 1. The van der Waals surface area contributed by atoms with Crippen molar-refractivity contribution < 1.29 is 14.3 Å². The van der Waals surface area contributed by atoms with Gasteiger partial charge in [-0.25, -0.2) is 0 Å². The molecule has 25 heavy (non-hydrogen) atoms. The van der Waals surface area contributed by atoms with Crippen molar-refractivity contribution in [2.75, 3.05) is 53.0 Å². The highest BCUT2D eigenvalue weighted by Gasteiger charge is 2.21. The monoisotopic (exact) mass is 409 g/mol. The van der Waals surface area contributed by atoms with Gasteiger partial charge in [0.15, 0.2) is 0 Å². The quantitative estimate of drug-likeness (QED) is 0.545. The predicted octanol–water partition coefficient (Wildman–Crippen LogP) is 1.37. The van der Waals surface area contributed by atoms with Gasteiger partial charge in [-0.15, -0.1) is 0 Å². The Labute approximate surface area is 156 Å². The van der Waals surface area contributed by atoms with E-state index in [0.717, 1.165) is 10.0 Å². The summed E-state index contributed by atoms with van der Waals surface area (Å²) in [6, 6.07) is 7.77. The molecule has 0 aromatic heterocycles. The minimum Gasteiger partial charge on any atom is -0.383 e. The van der Waals surface area contributed by atoms with Gasteiger partial charge in [0.05, 0.1) is 13.2 Å². The molecule has 2 rings (SSSR count). The Morgan fingerprint density at radius 3 is 2.64 bits per heavy atom. The van der Waals surface area contributed by atoms with Crippen LogP contribution in [0.4, 0.5) is 0 Å². The molecule has 0 radical (unpaired) electrons. The lowest BCUT2D eigenvalue weighted by atomic mass is 10.2. The topological polar surface area (TPSA) is 61.9 Å². The Morgan fingerprint density at radius 2 is 1.96 bits per heavy atom. The van der Waals surface area contributed by atoms with Gasteiger partial charge in [-0.3, -0.25) is 14.5 Å². The van der Waals surface area contributed by atoms with Crippen LogP contribution in [0.3, 0.4) is 0 Å². The second-order valence-corrected chi connectivity index (χ2v) is 6.65. The summed E-state index contributed by atoms with van der Waals surface area (Å²) >= 11 is 3.47. The second kappa shape index (κ2) is 10.3. The molecule has 0 aliphatic carbocycles. The summed E-state index contributed by atoms with van der Waals surface area (Å²) in [4.78, 5) is 28.0. The van der Waals surface area contributed by atoms with Crippen molar-refractivity contribution in [2.45, 2.75) is 0 Å². The number of carbonyl (C=O) groups is 2. The zero-order valence-electron chi connectivity index (χ0n) is 14.4. The number of amides is 2. The first kappa shape index (κ1) is 19.6. The van der Waals surface area contributed by atoms with E-state index in [4.69, 9.17) is 4.74 Å². The van der Waals surface area contributed by atoms with Crippen LogP contribution in [0.1, 0.15) is 5.56 Å². The number of nitrogens with zero attached hydrogens (tertiary/aromatic N) is 2. The molecular weight excluding hydrogens is 386 g/mol. The number of rotatable bonds is 7. The van der Waals surface area contributed by atoms with Gasteiger partial charge in [-0.05, 0) is 17.7 Å². The Bertz CT molecular complexity index is 613. The summed E-state index contributed by atoms with van der Waals surface area (Å²) in [5.41, 5.74) is 0.974. The Morgan fingerprint density at radius 1 is 1.24 bits per heavy atom. The van der Waals surface area contributed by atoms with Crippen LogP contribution in [-0.4, -0.2) is 74.6 Å². The third-order valence-electron chi connectivity index (χ3n) is 3.99. The lowest BCUT2D eigenvalue weighted by molar-refractivity contribution is -0.128. The van der Waals surface area contributed by atoms with Crippen LogP contribution < -0.4 is 5.32 Å². The van der Waals surface area contributed by atoms with Crippen LogP contribution >= 0.6 is 15.9 Å². The molecule has 1 N–H and O–H groups in total. The SMILES string of the molecule is COCCNC(=O)CN1CCN(C(=O)/C=C/c2ccccc2Br)CC1. The number of carbonyl (C=O) groups excluding carboxylic acids is 2. The number of hydrogen-bond acceptors (Lipinski definition) is 4. The van der Waals surface area contributed by atoms with Gasteiger partial charge < -0.3 is 15.0 Å². The average Bonchev–Trinajstić information content (AvgIpc) is 2.61. The summed E-state index contributed by atoms with van der Waals surface area (Å²) in [6.07, 6.45) is 3.43. The smallest absolute Gasteiger partial charge is 0.246 e. The van der Waals surface area contributed by atoms with Gasteiger partial charge >= 0.3 is 0 Å². The van der Waals surface area contributed by atoms with Crippen molar-refractivity contribution in [3.8, 4) is 0 Å². The molecular formula is C18H24BrN3O3. The van der Waals surface area contributed by atoms with Gasteiger partial charge in [-0.1, -0.05) is 34.1 Å². The van der Waals surface area contributed by atoms with Crippen molar-refractivity contribution in [3.05, 3.63) is 40.4 Å². The molecule has 0 unspecified atom stereocenters. The van der Waals surface area contributed by atoms with Crippen molar-refractivity contribution in [1.29, 1.82) is 0 Å². The van der Waals surface area contributed by atoms with Gasteiger partial charge in [0.2, 0.25) is 11.8 Å². The number of piperazine rings is 1. The fraction of sp³-hybridized carbons (Fsp3) is 0.444. The molecule has 2 amide bonds. The van der Waals surface area contributed by atoms with Crippen molar-refractivity contribution in [3.63, 3.8) is 0 Å². The van der Waals surface area contributed by atoms with E-state index in [1.165, 1.54) is 0 Å². The third-order valence-corrected chi connectivity index (χ3v) is 4.71. The molecule has 0 saturated carbocycles. The number of nitrogens with one attached hydrogen (secondary N) is 1. The van der Waals surface area contributed by atoms with Crippen molar-refractivity contribution >= 4 is 33.8 Å². The van der Waals surface area contributed by atoms with Crippen LogP contribution in [0, 0.1) is 0 Å². The largest absolute Gasteiger partial charge is 0.383 e. The van der Waals surface area contributed by atoms with Crippen LogP contribution in [0.25, 0.3) is 6.08 Å². The Kier molecular flexibility index (Phi) is 8.11. The first-order valence-corrected chi connectivity index (χ1v) is 9.09. The highest BCUT2D eigenvalue weighted by atomic mass is 79.9. The highest BCUT2D eigenvalue weighted by Crippen LogP contribution is 2.17. The molecule has 0 bridgehead atoms. The summed E-state index contributed by atoms with van der Waals surface area (Å²) in [6.45, 7) is 4.05. The summed E-state index contributed by atoms with van der Waals surface area (Å²) in [5.74, 6) is -0.00870. The van der Waals surface area contributed by atoms with Crippen molar-refractivity contribution in [2.24, 2.45) is 0 Å². The molecule has 1 saturated heterocycles. The van der Waals surface area contributed by atoms with Crippen LogP contribution in [-0.2, 0) is 14.3 Å². The zero-order valence-corrected chi connectivity index (χ0v) is 16.0. The zero-order chi connectivity index (χ0) is 18.1. The Hall–Kier alpha value is -1.70. The molecule has 1 aliphatic rings. The maximum Gasteiger partial charge on any atom is 0.246 e. The van der Waals surface area contributed by atoms with Gasteiger partial charge in [0.1, 0.15) is 0 Å². The first-order valence-electron chi connectivity index (χ1n) is 8.29. The molecule has 1 heterocycles. The fourth-order valence-corrected chi connectivity index (χ4v) is 2.97. The normalized spacial score (nSPS) is 15.5. The summed E-state index contributed by atoms with van der Waals surface area (Å²) < 4.78 is 5.86. The molecule has 0 spiro atoms. The van der Waals surface area contributed by atoms with E-state index in [-0.39, 0.29) is 11.8 Å². The lowest BCUT2D eigenvalue weighted by Crippen LogP contribution is -2.51. The second-order valence-electron chi connectivity index (χ2n) is 5.80. The van der Waals surface area contributed by atoms with E-state index in [1.54, 1.807) is 13.2 Å². The molecule has 6 nitrogen and oxygen atoms in total. The van der Waals surface area contributed by atoms with Crippen LogP contribution in [0.5, 0.6) is 0 Å². The maximum atomic E-state index is 12.3. The number of ether oxygens (including phenoxy) is 1. The minimum absolute atomic E-state index is 0.0000471. The van der Waals surface area contributed by atoms with Crippen LogP contribution in [0.2, 0.25) is 0 Å². The molecule has 1 aromatic carbocycles. The maximum absolute atomic E-state index is 12.3. The molecule has 0 atom stereocenters. The summed E-state index contributed by atoms with van der Waals surface area (Å²) in [5, 5.41) is 2.81. The van der Waals surface area contributed by atoms with E-state index in [1.807, 2.05) is 35.2 Å². The van der Waals surface area contributed by atoms with E-state index >= 15 is 0 Å². The fourth-order valence-electron chi connectivity index (χ4n) is 2.55. The molecule has 1 fully saturated rings. The minimum atomic E-state index is -0.00866. The number of halogens is 1. The standard InChI is InChI=1S/C18H24BrN3O3/c1-25-13-8-20-17(23)14-21-9-11-22(12-10-21)18(24)7-6-15-4-2-3-5-16(15)19/h2-7H,8-14H2,1H3,(H,20,23)/b7-6+. The first-order chi connectivity index (χ1) is 12.1. The molecule has 1 aromatic rings. The van der Waals surface area contributed by atoms with Crippen molar-refractivity contribution in [1.82, 2.24) is 15.1 Å². The van der Waals surface area contributed by atoms with E-state index in [9.17, 15) is 9.59 Å². The Balaban J connectivity index is 1.75. The summed E-state index contributed by atoms with van der Waals surface area (Å²) in [7, 11) is 1.60. The predicted molar refractivity (Wildman–Crippen MR) is 101 cm³/mol. The van der Waals surface area contributed by atoms with Crippen LogP contribution in [0.15, 0.2) is 34.8 Å². The number of hydrogen-bond donors (Lipinski definition) is 1. The van der Waals surface area contributed by atoms with E-state index < -0.39 is 0 Å². The van der Waals surface area contributed by atoms with E-state index in [0.29, 0.717) is 45.9 Å². The molecule has 136 valence electrons. The van der Waals surface area contributed by atoms with Gasteiger partial charge in [0.25, 0.3) is 0 Å². The third kappa shape index (κ3) is 6.61.